The average molecular weight is 356 g/mol. The number of aliphatic hydroxyl groups is 1. The number of aromatic nitrogens is 3. The summed E-state index contributed by atoms with van der Waals surface area (Å²) >= 11 is 0. The first-order valence-electron chi connectivity index (χ1n) is 8.77. The number of benzene rings is 1. The topological polar surface area (TPSA) is 71.7 Å². The number of hydrogen-bond acceptors (Lipinski definition) is 5. The van der Waals surface area contributed by atoms with Gasteiger partial charge in [-0.25, -0.2) is 13.9 Å². The molecule has 0 aliphatic heterocycles. The molecule has 1 aliphatic carbocycles. The molecular formula is C19H21FN4O2. The van der Waals surface area contributed by atoms with Crippen LogP contribution < -0.4 is 10.1 Å². The van der Waals surface area contributed by atoms with Crippen molar-refractivity contribution in [2.75, 3.05) is 12.4 Å². The Balaban J connectivity index is 1.63. The Labute approximate surface area is 150 Å². The molecule has 0 bridgehead atoms. The zero-order chi connectivity index (χ0) is 18.1. The number of hydrogen-bond donors (Lipinski definition) is 2. The van der Waals surface area contributed by atoms with Gasteiger partial charge in [0, 0.05) is 11.6 Å². The van der Waals surface area contributed by atoms with Crippen molar-refractivity contribution >= 4 is 11.5 Å². The molecule has 26 heavy (non-hydrogen) atoms. The summed E-state index contributed by atoms with van der Waals surface area (Å²) in [7, 11) is 1.44. The fourth-order valence-electron chi connectivity index (χ4n) is 3.40. The number of methoxy groups -OCH3 is 1. The van der Waals surface area contributed by atoms with E-state index in [1.54, 1.807) is 22.8 Å². The molecule has 2 N–H and O–H groups in total. The lowest BCUT2D eigenvalue weighted by molar-refractivity contribution is 0.126. The highest BCUT2D eigenvalue weighted by atomic mass is 19.1. The van der Waals surface area contributed by atoms with E-state index in [0.29, 0.717) is 22.9 Å². The average Bonchev–Trinajstić information content (AvgIpc) is 3.07. The number of halogens is 1. The van der Waals surface area contributed by atoms with Crippen LogP contribution in [0.25, 0.3) is 16.9 Å². The molecule has 3 aromatic rings. The van der Waals surface area contributed by atoms with Gasteiger partial charge in [0.25, 0.3) is 0 Å². The summed E-state index contributed by atoms with van der Waals surface area (Å²) in [6, 6.07) is 8.89. The molecule has 0 atom stereocenters. The Morgan fingerprint density at radius 1 is 1.19 bits per heavy atom. The molecule has 1 aliphatic rings. The Bertz CT molecular complexity index is 919. The van der Waals surface area contributed by atoms with Crippen LogP contribution in [0, 0.1) is 5.82 Å². The molecule has 1 saturated carbocycles. The maximum Gasteiger partial charge on any atom is 0.165 e. The molecule has 0 saturated heterocycles. The van der Waals surface area contributed by atoms with Crippen molar-refractivity contribution in [2.45, 2.75) is 37.8 Å². The zero-order valence-corrected chi connectivity index (χ0v) is 14.5. The van der Waals surface area contributed by atoms with Crippen LogP contribution in [-0.4, -0.2) is 39.0 Å². The van der Waals surface area contributed by atoms with E-state index in [9.17, 15) is 9.50 Å². The summed E-state index contributed by atoms with van der Waals surface area (Å²) in [5, 5.41) is 17.7. The predicted octanol–water partition coefficient (Wildman–Crippen LogP) is 3.26. The van der Waals surface area contributed by atoms with Gasteiger partial charge in [0.2, 0.25) is 0 Å². The van der Waals surface area contributed by atoms with Crippen LogP contribution in [0.5, 0.6) is 5.75 Å². The molecule has 0 radical (unpaired) electrons. The minimum absolute atomic E-state index is 0.186. The third-order valence-electron chi connectivity index (χ3n) is 4.86. The van der Waals surface area contributed by atoms with Gasteiger partial charge in [-0.05, 0) is 56.0 Å². The molecule has 4 rings (SSSR count). The Hall–Kier alpha value is -2.67. The molecule has 136 valence electrons. The SMILES string of the molecule is COc1ccc(-c2cnc3ccc(N[C@H]4CC[C@H](O)CC4)nn23)cc1F. The van der Waals surface area contributed by atoms with Crippen LogP contribution in [0.15, 0.2) is 36.5 Å². The van der Waals surface area contributed by atoms with Crippen LogP contribution in [-0.2, 0) is 0 Å². The van der Waals surface area contributed by atoms with Crippen molar-refractivity contribution in [1.82, 2.24) is 14.6 Å². The lowest BCUT2D eigenvalue weighted by Gasteiger charge is -2.26. The first kappa shape index (κ1) is 16.8. The minimum atomic E-state index is -0.421. The lowest BCUT2D eigenvalue weighted by Crippen LogP contribution is -2.28. The quantitative estimate of drug-likeness (QED) is 0.751. The van der Waals surface area contributed by atoms with Crippen molar-refractivity contribution < 1.29 is 14.2 Å². The Morgan fingerprint density at radius 3 is 2.73 bits per heavy atom. The van der Waals surface area contributed by atoms with Crippen molar-refractivity contribution in [1.29, 1.82) is 0 Å². The highest BCUT2D eigenvalue weighted by Gasteiger charge is 2.20. The van der Waals surface area contributed by atoms with Crippen LogP contribution in [0.3, 0.4) is 0 Å². The smallest absolute Gasteiger partial charge is 0.165 e. The molecule has 7 heteroatoms. The summed E-state index contributed by atoms with van der Waals surface area (Å²) in [4.78, 5) is 4.35. The molecule has 1 fully saturated rings. The van der Waals surface area contributed by atoms with Crippen LogP contribution in [0.1, 0.15) is 25.7 Å². The largest absolute Gasteiger partial charge is 0.494 e. The fraction of sp³-hybridized carbons (Fsp3) is 0.368. The van der Waals surface area contributed by atoms with Crippen LogP contribution in [0.4, 0.5) is 10.2 Å². The number of aliphatic hydroxyl groups excluding tert-OH is 1. The summed E-state index contributed by atoms with van der Waals surface area (Å²) in [6.45, 7) is 0. The number of fused-ring (bicyclic) bond motifs is 1. The standard InChI is InChI=1S/C19H21FN4O2/c1-26-17-7-2-12(10-15(17)20)16-11-21-19-9-8-18(23-24(16)19)22-13-3-5-14(25)6-4-13/h2,7-11,13-14,25H,3-6H2,1H3,(H,22,23)/t13-,14-. The van der Waals surface area contributed by atoms with Gasteiger partial charge < -0.3 is 15.2 Å². The van der Waals surface area contributed by atoms with E-state index in [-0.39, 0.29) is 11.9 Å². The van der Waals surface area contributed by atoms with Gasteiger partial charge in [-0.15, -0.1) is 5.10 Å². The number of ether oxygens (including phenoxy) is 1. The molecule has 2 aromatic heterocycles. The fourth-order valence-corrected chi connectivity index (χ4v) is 3.40. The van der Waals surface area contributed by atoms with Gasteiger partial charge in [0.1, 0.15) is 5.82 Å². The lowest BCUT2D eigenvalue weighted by atomic mass is 9.93. The van der Waals surface area contributed by atoms with E-state index in [4.69, 9.17) is 4.74 Å². The first-order valence-corrected chi connectivity index (χ1v) is 8.77. The highest BCUT2D eigenvalue weighted by Crippen LogP contribution is 2.27. The Morgan fingerprint density at radius 2 is 2.00 bits per heavy atom. The summed E-state index contributed by atoms with van der Waals surface area (Å²) in [5.74, 6) is 0.527. The number of nitrogens with one attached hydrogen (secondary N) is 1. The minimum Gasteiger partial charge on any atom is -0.494 e. The third-order valence-corrected chi connectivity index (χ3v) is 4.86. The van der Waals surface area contributed by atoms with Crippen LogP contribution in [0.2, 0.25) is 0 Å². The van der Waals surface area contributed by atoms with Crippen molar-refractivity contribution in [3.05, 3.63) is 42.3 Å². The summed E-state index contributed by atoms with van der Waals surface area (Å²) in [5.41, 5.74) is 2.09. The molecule has 0 spiro atoms. The second-order valence-electron chi connectivity index (χ2n) is 6.63. The molecule has 0 unspecified atom stereocenters. The number of anilines is 1. The van der Waals surface area contributed by atoms with E-state index in [1.165, 1.54) is 13.2 Å². The third kappa shape index (κ3) is 3.22. The maximum absolute atomic E-state index is 14.1. The summed E-state index contributed by atoms with van der Waals surface area (Å²) in [6.07, 6.45) is 4.95. The van der Waals surface area contributed by atoms with Crippen molar-refractivity contribution in [3.8, 4) is 17.0 Å². The van der Waals surface area contributed by atoms with Gasteiger partial charge in [0.05, 0.1) is 25.1 Å². The summed E-state index contributed by atoms with van der Waals surface area (Å²) < 4.78 is 20.7. The predicted molar refractivity (Wildman–Crippen MR) is 96.8 cm³/mol. The van der Waals surface area contributed by atoms with Crippen molar-refractivity contribution in [3.63, 3.8) is 0 Å². The number of imidazole rings is 1. The second-order valence-corrected chi connectivity index (χ2v) is 6.63. The van der Waals surface area contributed by atoms with E-state index < -0.39 is 5.82 Å². The van der Waals surface area contributed by atoms with E-state index in [0.717, 1.165) is 31.5 Å². The normalized spacial score (nSPS) is 20.3. The van der Waals surface area contributed by atoms with Gasteiger partial charge in [0.15, 0.2) is 17.2 Å². The maximum atomic E-state index is 14.1. The van der Waals surface area contributed by atoms with E-state index in [2.05, 4.69) is 15.4 Å². The molecule has 6 nitrogen and oxygen atoms in total. The molecular weight excluding hydrogens is 335 g/mol. The molecule has 1 aromatic carbocycles. The van der Waals surface area contributed by atoms with Gasteiger partial charge >= 0.3 is 0 Å². The van der Waals surface area contributed by atoms with Crippen molar-refractivity contribution in [2.24, 2.45) is 0 Å². The van der Waals surface area contributed by atoms with Gasteiger partial charge in [-0.3, -0.25) is 0 Å². The second kappa shape index (κ2) is 6.92. The number of rotatable bonds is 4. The van der Waals surface area contributed by atoms with Gasteiger partial charge in [-0.2, -0.15) is 0 Å². The number of nitrogens with zero attached hydrogens (tertiary/aromatic N) is 3. The first-order chi connectivity index (χ1) is 12.6. The Kier molecular flexibility index (Phi) is 4.46. The molecule has 0 amide bonds. The van der Waals surface area contributed by atoms with E-state index in [1.807, 2.05) is 12.1 Å². The molecule has 2 heterocycles. The van der Waals surface area contributed by atoms with Gasteiger partial charge in [-0.1, -0.05) is 0 Å². The van der Waals surface area contributed by atoms with Crippen LogP contribution >= 0.6 is 0 Å². The van der Waals surface area contributed by atoms with E-state index >= 15 is 0 Å². The highest BCUT2D eigenvalue weighted by molar-refractivity contribution is 5.64. The zero-order valence-electron chi connectivity index (χ0n) is 14.5. The monoisotopic (exact) mass is 356 g/mol.